The molecular weight excluding hydrogens is 200 g/mol. The van der Waals surface area contributed by atoms with E-state index in [1.165, 1.54) is 5.56 Å². The Hall–Kier alpha value is -0.900. The van der Waals surface area contributed by atoms with Crippen molar-refractivity contribution in [3.05, 3.63) is 35.9 Å². The topological polar surface area (TPSA) is 49.5 Å². The van der Waals surface area contributed by atoms with Crippen LogP contribution in [0.15, 0.2) is 30.3 Å². The Morgan fingerprint density at radius 1 is 1.31 bits per heavy atom. The van der Waals surface area contributed by atoms with Crippen molar-refractivity contribution in [1.82, 2.24) is 4.90 Å². The van der Waals surface area contributed by atoms with Crippen LogP contribution in [0.1, 0.15) is 18.4 Å². The summed E-state index contributed by atoms with van der Waals surface area (Å²) in [5, 5.41) is 9.28. The number of nitrogens with two attached hydrogens (primary N) is 1. The first-order valence-corrected chi connectivity index (χ1v) is 5.88. The lowest BCUT2D eigenvalue weighted by atomic mass is 9.91. The summed E-state index contributed by atoms with van der Waals surface area (Å²) in [6.45, 7) is 2.88. The number of hydrogen-bond donors (Lipinski definition) is 2. The van der Waals surface area contributed by atoms with Crippen LogP contribution in [0.2, 0.25) is 0 Å². The van der Waals surface area contributed by atoms with Crippen molar-refractivity contribution in [3.8, 4) is 0 Å². The highest BCUT2D eigenvalue weighted by Crippen LogP contribution is 2.19. The number of hydrogen-bond acceptors (Lipinski definition) is 3. The largest absolute Gasteiger partial charge is 0.394 e. The second-order valence-electron chi connectivity index (χ2n) is 4.82. The van der Waals surface area contributed by atoms with Gasteiger partial charge in [0.15, 0.2) is 0 Å². The number of aliphatic hydroxyl groups excluding tert-OH is 1. The molecule has 3 heteroatoms. The number of rotatable bonds is 3. The lowest BCUT2D eigenvalue weighted by molar-refractivity contribution is 0.0901. The Morgan fingerprint density at radius 3 is 2.75 bits per heavy atom. The molecule has 1 aromatic rings. The average molecular weight is 220 g/mol. The summed E-state index contributed by atoms with van der Waals surface area (Å²) in [4.78, 5) is 2.33. The van der Waals surface area contributed by atoms with Crippen LogP contribution in [0, 0.1) is 0 Å². The zero-order valence-electron chi connectivity index (χ0n) is 9.60. The smallest absolute Gasteiger partial charge is 0.0623 e. The Bertz CT molecular complexity index is 328. The van der Waals surface area contributed by atoms with E-state index < -0.39 is 5.54 Å². The van der Waals surface area contributed by atoms with Crippen molar-refractivity contribution in [2.45, 2.75) is 24.9 Å². The second-order valence-corrected chi connectivity index (χ2v) is 4.82. The van der Waals surface area contributed by atoms with Gasteiger partial charge in [-0.1, -0.05) is 30.3 Å². The fourth-order valence-electron chi connectivity index (χ4n) is 2.36. The van der Waals surface area contributed by atoms with E-state index in [1.54, 1.807) is 0 Å². The Kier molecular flexibility index (Phi) is 3.59. The van der Waals surface area contributed by atoms with Crippen molar-refractivity contribution >= 4 is 0 Å². The van der Waals surface area contributed by atoms with E-state index in [-0.39, 0.29) is 6.61 Å². The standard InChI is InChI=1S/C13H20N2O/c14-13(11-16)7-4-8-15(10-13)9-12-5-2-1-3-6-12/h1-3,5-6,16H,4,7-11,14H2/t13-/m1/s1. The highest BCUT2D eigenvalue weighted by molar-refractivity contribution is 5.14. The molecule has 16 heavy (non-hydrogen) atoms. The lowest BCUT2D eigenvalue weighted by Gasteiger charge is -2.39. The van der Waals surface area contributed by atoms with Crippen LogP contribution in [0.5, 0.6) is 0 Å². The van der Waals surface area contributed by atoms with Crippen molar-refractivity contribution in [3.63, 3.8) is 0 Å². The number of nitrogens with zero attached hydrogens (tertiary/aromatic N) is 1. The summed E-state index contributed by atoms with van der Waals surface area (Å²) in [5.41, 5.74) is 7.02. The van der Waals surface area contributed by atoms with Gasteiger partial charge in [0.2, 0.25) is 0 Å². The molecule has 0 bridgehead atoms. The summed E-state index contributed by atoms with van der Waals surface area (Å²) in [6, 6.07) is 10.4. The van der Waals surface area contributed by atoms with E-state index in [1.807, 2.05) is 6.07 Å². The zero-order valence-corrected chi connectivity index (χ0v) is 9.60. The quantitative estimate of drug-likeness (QED) is 0.798. The minimum Gasteiger partial charge on any atom is -0.394 e. The second kappa shape index (κ2) is 4.95. The van der Waals surface area contributed by atoms with Gasteiger partial charge in [-0.15, -0.1) is 0 Å². The molecule has 0 aliphatic carbocycles. The average Bonchev–Trinajstić information content (AvgIpc) is 2.30. The van der Waals surface area contributed by atoms with Crippen molar-refractivity contribution < 1.29 is 5.11 Å². The first-order valence-electron chi connectivity index (χ1n) is 5.88. The van der Waals surface area contributed by atoms with Crippen molar-refractivity contribution in [2.75, 3.05) is 19.7 Å². The Morgan fingerprint density at radius 2 is 2.06 bits per heavy atom. The SMILES string of the molecule is N[C@]1(CO)CCCN(Cc2ccccc2)C1. The van der Waals surface area contributed by atoms with Crippen LogP contribution in [0.3, 0.4) is 0 Å². The predicted octanol–water partition coefficient (Wildman–Crippen LogP) is 0.972. The molecule has 1 aliphatic rings. The van der Waals surface area contributed by atoms with E-state index in [2.05, 4.69) is 29.2 Å². The van der Waals surface area contributed by atoms with Crippen LogP contribution in [-0.2, 0) is 6.54 Å². The van der Waals surface area contributed by atoms with Gasteiger partial charge in [0.25, 0.3) is 0 Å². The molecule has 1 aliphatic heterocycles. The Balaban J connectivity index is 1.96. The normalized spacial score (nSPS) is 26.9. The van der Waals surface area contributed by atoms with Crippen LogP contribution in [0.25, 0.3) is 0 Å². The molecule has 3 nitrogen and oxygen atoms in total. The fourth-order valence-corrected chi connectivity index (χ4v) is 2.36. The van der Waals surface area contributed by atoms with Gasteiger partial charge < -0.3 is 10.8 Å². The van der Waals surface area contributed by atoms with Crippen LogP contribution in [-0.4, -0.2) is 35.2 Å². The van der Waals surface area contributed by atoms with Crippen LogP contribution in [0.4, 0.5) is 0 Å². The fraction of sp³-hybridized carbons (Fsp3) is 0.538. The maximum Gasteiger partial charge on any atom is 0.0623 e. The van der Waals surface area contributed by atoms with Gasteiger partial charge in [0.05, 0.1) is 12.1 Å². The first-order chi connectivity index (χ1) is 7.72. The maximum atomic E-state index is 9.28. The molecular formula is C13H20N2O. The number of likely N-dealkylation sites (tertiary alicyclic amines) is 1. The minimum absolute atomic E-state index is 0.0816. The molecule has 1 saturated heterocycles. The van der Waals surface area contributed by atoms with E-state index in [4.69, 9.17) is 5.73 Å². The minimum atomic E-state index is -0.396. The molecule has 0 radical (unpaired) electrons. The molecule has 0 saturated carbocycles. The molecule has 88 valence electrons. The molecule has 1 fully saturated rings. The third-order valence-electron chi connectivity index (χ3n) is 3.25. The van der Waals surface area contributed by atoms with Crippen molar-refractivity contribution in [2.24, 2.45) is 5.73 Å². The van der Waals surface area contributed by atoms with E-state index >= 15 is 0 Å². The summed E-state index contributed by atoms with van der Waals surface area (Å²) in [5.74, 6) is 0. The molecule has 2 rings (SSSR count). The van der Waals surface area contributed by atoms with Crippen LogP contribution < -0.4 is 5.73 Å². The molecule has 0 spiro atoms. The van der Waals surface area contributed by atoms with Gasteiger partial charge in [0.1, 0.15) is 0 Å². The molecule has 0 unspecified atom stereocenters. The highest BCUT2D eigenvalue weighted by Gasteiger charge is 2.30. The van der Waals surface area contributed by atoms with E-state index in [0.29, 0.717) is 0 Å². The van der Waals surface area contributed by atoms with Gasteiger partial charge in [-0.3, -0.25) is 4.90 Å². The molecule has 1 atom stereocenters. The number of piperidine rings is 1. The van der Waals surface area contributed by atoms with Crippen LogP contribution >= 0.6 is 0 Å². The summed E-state index contributed by atoms with van der Waals surface area (Å²) >= 11 is 0. The lowest BCUT2D eigenvalue weighted by Crippen LogP contribution is -2.56. The molecule has 0 amide bonds. The molecule has 1 heterocycles. The zero-order chi connectivity index (χ0) is 11.4. The first kappa shape index (κ1) is 11.6. The molecule has 1 aromatic carbocycles. The van der Waals surface area contributed by atoms with Gasteiger partial charge in [-0.2, -0.15) is 0 Å². The predicted molar refractivity (Wildman–Crippen MR) is 65.0 cm³/mol. The monoisotopic (exact) mass is 220 g/mol. The Labute approximate surface area is 96.9 Å². The number of aliphatic hydroxyl groups is 1. The third-order valence-corrected chi connectivity index (χ3v) is 3.25. The summed E-state index contributed by atoms with van der Waals surface area (Å²) < 4.78 is 0. The van der Waals surface area contributed by atoms with Gasteiger partial charge in [0, 0.05) is 13.1 Å². The maximum absolute atomic E-state index is 9.28. The molecule has 3 N–H and O–H groups in total. The van der Waals surface area contributed by atoms with E-state index in [0.717, 1.165) is 32.5 Å². The molecule has 0 aromatic heterocycles. The third kappa shape index (κ3) is 2.82. The summed E-state index contributed by atoms with van der Waals surface area (Å²) in [6.07, 6.45) is 2.00. The highest BCUT2D eigenvalue weighted by atomic mass is 16.3. The van der Waals surface area contributed by atoms with Crippen molar-refractivity contribution in [1.29, 1.82) is 0 Å². The number of benzene rings is 1. The summed E-state index contributed by atoms with van der Waals surface area (Å²) in [7, 11) is 0. The van der Waals surface area contributed by atoms with Gasteiger partial charge in [-0.05, 0) is 24.9 Å². The van der Waals surface area contributed by atoms with Gasteiger partial charge in [-0.25, -0.2) is 0 Å². The van der Waals surface area contributed by atoms with E-state index in [9.17, 15) is 5.11 Å². The van der Waals surface area contributed by atoms with Gasteiger partial charge >= 0.3 is 0 Å².